The molecule has 0 unspecified atom stereocenters. The second-order valence-corrected chi connectivity index (χ2v) is 6.75. The van der Waals surface area contributed by atoms with E-state index in [9.17, 15) is 24.2 Å². The van der Waals surface area contributed by atoms with Crippen molar-refractivity contribution in [2.24, 2.45) is 11.8 Å². The first-order chi connectivity index (χ1) is 11.8. The number of phenolic OH excluding ortho intramolecular Hbond substituents is 2. The Morgan fingerprint density at radius 1 is 1.20 bits per heavy atom. The van der Waals surface area contributed by atoms with Gasteiger partial charge < -0.3 is 20.6 Å². The lowest BCUT2D eigenvalue weighted by Gasteiger charge is -2.08. The molecule has 1 aromatic carbocycles. The Bertz CT molecular complexity index is 838. The van der Waals surface area contributed by atoms with Crippen LogP contribution in [0.5, 0.6) is 11.5 Å². The number of rotatable bonds is 4. The Kier molecular flexibility index (Phi) is 4.58. The Labute approximate surface area is 145 Å². The number of amides is 1. The van der Waals surface area contributed by atoms with Gasteiger partial charge in [-0.25, -0.2) is 9.37 Å². The number of carbonyl (C=O) groups excluding carboxylic acids is 1. The van der Waals surface area contributed by atoms with Crippen molar-refractivity contribution in [1.29, 1.82) is 0 Å². The van der Waals surface area contributed by atoms with Gasteiger partial charge in [0.1, 0.15) is 5.75 Å². The van der Waals surface area contributed by atoms with Crippen molar-refractivity contribution in [3.05, 3.63) is 23.3 Å². The summed E-state index contributed by atoms with van der Waals surface area (Å²) in [4.78, 5) is 27.3. The Hall–Kier alpha value is -2.68. The van der Waals surface area contributed by atoms with E-state index < -0.39 is 23.5 Å². The van der Waals surface area contributed by atoms with Crippen molar-refractivity contribution in [3.8, 4) is 22.8 Å². The van der Waals surface area contributed by atoms with E-state index in [2.05, 4.69) is 10.3 Å². The van der Waals surface area contributed by atoms with Gasteiger partial charge in [0, 0.05) is 22.9 Å². The summed E-state index contributed by atoms with van der Waals surface area (Å²) in [5.41, 5.74) is 0.352. The van der Waals surface area contributed by atoms with Gasteiger partial charge >= 0.3 is 5.97 Å². The molecule has 0 aliphatic heterocycles. The van der Waals surface area contributed by atoms with Gasteiger partial charge in [-0.1, -0.05) is 0 Å². The molecule has 1 aromatic heterocycles. The maximum Gasteiger partial charge on any atom is 0.306 e. The Morgan fingerprint density at radius 2 is 1.92 bits per heavy atom. The van der Waals surface area contributed by atoms with Crippen LogP contribution < -0.4 is 5.32 Å². The van der Waals surface area contributed by atoms with Crippen LogP contribution in [0.4, 0.5) is 9.52 Å². The molecule has 1 aliphatic rings. The zero-order chi connectivity index (χ0) is 18.1. The molecule has 0 saturated heterocycles. The van der Waals surface area contributed by atoms with Crippen LogP contribution in [0.25, 0.3) is 11.3 Å². The summed E-state index contributed by atoms with van der Waals surface area (Å²) in [6.07, 6.45) is 1.27. The Morgan fingerprint density at radius 3 is 2.60 bits per heavy atom. The fraction of sp³-hybridized carbons (Fsp3) is 0.312. The van der Waals surface area contributed by atoms with Crippen molar-refractivity contribution in [1.82, 2.24) is 4.98 Å². The van der Waals surface area contributed by atoms with E-state index in [1.165, 1.54) is 5.38 Å². The number of halogens is 1. The quantitative estimate of drug-likeness (QED) is 0.660. The standard InChI is InChI=1S/C16H15FN2O5S/c17-10-4-9(12(20)5-13(10)21)11-6-25-16(18-11)19-14(22)7-1-2-8(3-7)15(23)24/h4-8,20-21H,1-3H2,(H,23,24)(H,18,19,22)/t7-,8-/m0/s1. The summed E-state index contributed by atoms with van der Waals surface area (Å²) in [5.74, 6) is -3.96. The molecule has 0 radical (unpaired) electrons. The third-order valence-electron chi connectivity index (χ3n) is 4.23. The number of nitrogens with zero attached hydrogens (tertiary/aromatic N) is 1. The average molecular weight is 366 g/mol. The third-order valence-corrected chi connectivity index (χ3v) is 4.99. The highest BCUT2D eigenvalue weighted by Crippen LogP contribution is 2.36. The zero-order valence-corrected chi connectivity index (χ0v) is 13.7. The number of thiazole rings is 1. The monoisotopic (exact) mass is 366 g/mol. The first kappa shape index (κ1) is 17.2. The minimum atomic E-state index is -0.892. The first-order valence-electron chi connectivity index (χ1n) is 7.56. The highest BCUT2D eigenvalue weighted by Gasteiger charge is 2.34. The number of anilines is 1. The number of aromatic hydroxyl groups is 2. The van der Waals surface area contributed by atoms with Gasteiger partial charge in [-0.3, -0.25) is 9.59 Å². The number of carbonyl (C=O) groups is 2. The fourth-order valence-corrected chi connectivity index (χ4v) is 3.58. The van der Waals surface area contributed by atoms with Gasteiger partial charge in [0.25, 0.3) is 0 Å². The van der Waals surface area contributed by atoms with E-state index >= 15 is 0 Å². The number of hydrogen-bond donors (Lipinski definition) is 4. The van der Waals surface area contributed by atoms with Crippen molar-refractivity contribution >= 4 is 28.3 Å². The van der Waals surface area contributed by atoms with E-state index in [1.807, 2.05) is 0 Å². The molecule has 1 heterocycles. The topological polar surface area (TPSA) is 120 Å². The molecule has 0 spiro atoms. The van der Waals surface area contributed by atoms with Gasteiger partial charge in [0.2, 0.25) is 5.91 Å². The van der Waals surface area contributed by atoms with E-state index in [1.54, 1.807) is 0 Å². The van der Waals surface area contributed by atoms with Crippen molar-refractivity contribution in [2.75, 3.05) is 5.32 Å². The second-order valence-electron chi connectivity index (χ2n) is 5.89. The maximum absolute atomic E-state index is 13.5. The van der Waals surface area contributed by atoms with Crippen molar-refractivity contribution in [3.63, 3.8) is 0 Å². The van der Waals surface area contributed by atoms with Gasteiger partial charge in [0.15, 0.2) is 16.7 Å². The smallest absolute Gasteiger partial charge is 0.306 e. The Balaban J connectivity index is 1.71. The van der Waals surface area contributed by atoms with Gasteiger partial charge in [-0.2, -0.15) is 0 Å². The number of phenols is 2. The van der Waals surface area contributed by atoms with Crippen molar-refractivity contribution in [2.45, 2.75) is 19.3 Å². The molecule has 2 aromatic rings. The lowest BCUT2D eigenvalue weighted by molar-refractivity contribution is -0.141. The molecular formula is C16H15FN2O5S. The number of carboxylic acids is 1. The predicted molar refractivity (Wildman–Crippen MR) is 87.9 cm³/mol. The number of benzene rings is 1. The minimum Gasteiger partial charge on any atom is -0.507 e. The van der Waals surface area contributed by atoms with Gasteiger partial charge in [-0.05, 0) is 25.3 Å². The van der Waals surface area contributed by atoms with Gasteiger partial charge in [0.05, 0.1) is 11.6 Å². The molecule has 7 nitrogen and oxygen atoms in total. The summed E-state index contributed by atoms with van der Waals surface area (Å²) in [5, 5.41) is 32.5. The molecule has 132 valence electrons. The summed E-state index contributed by atoms with van der Waals surface area (Å²) in [7, 11) is 0. The van der Waals surface area contributed by atoms with E-state index in [4.69, 9.17) is 5.11 Å². The van der Waals surface area contributed by atoms with Crippen molar-refractivity contribution < 1.29 is 29.3 Å². The third kappa shape index (κ3) is 3.55. The molecule has 1 fully saturated rings. The lowest BCUT2D eigenvalue weighted by atomic mass is 10.0. The molecule has 4 N–H and O–H groups in total. The number of aliphatic carboxylic acids is 1. The van der Waals surface area contributed by atoms with E-state index in [0.29, 0.717) is 19.3 Å². The van der Waals surface area contributed by atoms with E-state index in [-0.39, 0.29) is 34.0 Å². The van der Waals surface area contributed by atoms with Crippen LogP contribution in [0.2, 0.25) is 0 Å². The summed E-state index contributed by atoms with van der Waals surface area (Å²) >= 11 is 1.10. The summed E-state index contributed by atoms with van der Waals surface area (Å²) in [6.45, 7) is 0. The largest absolute Gasteiger partial charge is 0.507 e. The summed E-state index contributed by atoms with van der Waals surface area (Å²) in [6, 6.07) is 1.84. The normalized spacial score (nSPS) is 19.7. The highest BCUT2D eigenvalue weighted by molar-refractivity contribution is 7.14. The SMILES string of the molecule is O=C(O)[C@H]1CC[C@H](C(=O)Nc2nc(-c3cc(F)c(O)cc3O)cs2)C1. The average Bonchev–Trinajstić information content (AvgIpc) is 3.20. The predicted octanol–water partition coefficient (Wildman–Crippen LogP) is 2.80. The van der Waals surface area contributed by atoms with Crippen LogP contribution in [0.15, 0.2) is 17.5 Å². The molecule has 1 amide bonds. The fourth-order valence-electron chi connectivity index (χ4n) is 2.86. The number of nitrogens with one attached hydrogen (secondary N) is 1. The minimum absolute atomic E-state index is 0.0962. The second kappa shape index (κ2) is 6.67. The van der Waals surface area contributed by atoms with Gasteiger partial charge in [-0.15, -0.1) is 11.3 Å². The number of aromatic nitrogens is 1. The van der Waals surface area contributed by atoms with Crippen LogP contribution in [-0.4, -0.2) is 32.2 Å². The zero-order valence-electron chi connectivity index (χ0n) is 12.9. The highest BCUT2D eigenvalue weighted by atomic mass is 32.1. The van der Waals surface area contributed by atoms with E-state index in [0.717, 1.165) is 23.5 Å². The number of carboxylic acid groups (broad SMARTS) is 1. The van der Waals surface area contributed by atoms with Crippen LogP contribution in [0, 0.1) is 17.7 Å². The molecule has 0 bridgehead atoms. The molecule has 1 aliphatic carbocycles. The van der Waals surface area contributed by atoms with Crippen LogP contribution >= 0.6 is 11.3 Å². The molecule has 9 heteroatoms. The molecule has 3 rings (SSSR count). The maximum atomic E-state index is 13.5. The molecule has 1 saturated carbocycles. The first-order valence-corrected chi connectivity index (χ1v) is 8.44. The molecule has 25 heavy (non-hydrogen) atoms. The number of hydrogen-bond acceptors (Lipinski definition) is 6. The van der Waals surface area contributed by atoms with Crippen LogP contribution in [-0.2, 0) is 9.59 Å². The van der Waals surface area contributed by atoms with Crippen LogP contribution in [0.1, 0.15) is 19.3 Å². The molecule has 2 atom stereocenters. The van der Waals surface area contributed by atoms with Crippen LogP contribution in [0.3, 0.4) is 0 Å². The summed E-state index contributed by atoms with van der Waals surface area (Å²) < 4.78 is 13.5. The lowest BCUT2D eigenvalue weighted by Crippen LogP contribution is -2.21. The molecular weight excluding hydrogens is 351 g/mol.